The number of carbonyl (C=O) groups excluding carboxylic acids is 1. The van der Waals surface area contributed by atoms with Gasteiger partial charge in [-0.2, -0.15) is 0 Å². The van der Waals surface area contributed by atoms with E-state index in [-0.39, 0.29) is 18.1 Å². The molecule has 4 nitrogen and oxygen atoms in total. The van der Waals surface area contributed by atoms with Crippen molar-refractivity contribution in [2.75, 3.05) is 13.6 Å². The number of carbonyl (C=O) groups is 1. The van der Waals surface area contributed by atoms with Crippen molar-refractivity contribution in [2.24, 2.45) is 5.92 Å². The van der Waals surface area contributed by atoms with Crippen LogP contribution in [0.5, 0.6) is 0 Å². The maximum Gasteiger partial charge on any atom is 0.312 e. The van der Waals surface area contributed by atoms with Crippen molar-refractivity contribution in [2.45, 2.75) is 39.0 Å². The average Bonchev–Trinajstić information content (AvgIpc) is 2.47. The van der Waals surface area contributed by atoms with Gasteiger partial charge in [0.15, 0.2) is 0 Å². The molecule has 1 heterocycles. The van der Waals surface area contributed by atoms with E-state index in [1.165, 1.54) is 0 Å². The minimum atomic E-state index is -0.391. The van der Waals surface area contributed by atoms with Crippen LogP contribution in [-0.4, -0.2) is 31.3 Å². The lowest BCUT2D eigenvalue weighted by Gasteiger charge is -2.24. The molecule has 0 aliphatic carbocycles. The fourth-order valence-electron chi connectivity index (χ4n) is 1.64. The van der Waals surface area contributed by atoms with Crippen molar-refractivity contribution in [1.82, 2.24) is 10.6 Å². The molecule has 0 aromatic rings. The van der Waals surface area contributed by atoms with E-state index in [4.69, 9.17) is 4.74 Å². The molecule has 0 saturated carbocycles. The molecular weight excluding hydrogens is 180 g/mol. The van der Waals surface area contributed by atoms with Crippen LogP contribution in [0.1, 0.15) is 27.2 Å². The summed E-state index contributed by atoms with van der Waals surface area (Å²) in [6.45, 7) is 6.54. The van der Waals surface area contributed by atoms with Crippen LogP contribution >= 0.6 is 0 Å². The minimum Gasteiger partial charge on any atom is -0.460 e. The third-order valence-corrected chi connectivity index (χ3v) is 2.24. The zero-order valence-corrected chi connectivity index (χ0v) is 9.39. The van der Waals surface area contributed by atoms with Gasteiger partial charge in [-0.3, -0.25) is 4.79 Å². The van der Waals surface area contributed by atoms with Crippen LogP contribution in [0.3, 0.4) is 0 Å². The van der Waals surface area contributed by atoms with E-state index in [9.17, 15) is 4.79 Å². The van der Waals surface area contributed by atoms with Gasteiger partial charge < -0.3 is 15.4 Å². The maximum absolute atomic E-state index is 11.7. The Kier molecular flexibility index (Phi) is 3.50. The third-order valence-electron chi connectivity index (χ3n) is 2.24. The molecule has 0 radical (unpaired) electrons. The van der Waals surface area contributed by atoms with Crippen LogP contribution in [0.15, 0.2) is 0 Å². The Labute approximate surface area is 85.4 Å². The fourth-order valence-corrected chi connectivity index (χ4v) is 1.64. The van der Waals surface area contributed by atoms with Crippen LogP contribution < -0.4 is 10.6 Å². The van der Waals surface area contributed by atoms with Crippen molar-refractivity contribution in [3.63, 3.8) is 0 Å². The second kappa shape index (κ2) is 4.28. The highest BCUT2D eigenvalue weighted by molar-refractivity contribution is 5.74. The summed E-state index contributed by atoms with van der Waals surface area (Å²) in [4.78, 5) is 11.7. The van der Waals surface area contributed by atoms with Gasteiger partial charge in [-0.15, -0.1) is 0 Å². The predicted octanol–water partition coefficient (Wildman–Crippen LogP) is 0.483. The normalized spacial score (nSPS) is 27.7. The fraction of sp³-hybridized carbons (Fsp3) is 0.900. The lowest BCUT2D eigenvalue weighted by Crippen LogP contribution is -2.43. The molecule has 1 saturated heterocycles. The van der Waals surface area contributed by atoms with Crippen LogP contribution in [0.25, 0.3) is 0 Å². The van der Waals surface area contributed by atoms with Crippen LogP contribution in [-0.2, 0) is 9.53 Å². The molecule has 14 heavy (non-hydrogen) atoms. The second-order valence-corrected chi connectivity index (χ2v) is 4.65. The summed E-state index contributed by atoms with van der Waals surface area (Å²) in [6, 6.07) is 0. The molecule has 2 atom stereocenters. The molecule has 1 rings (SSSR count). The SMILES string of the molecule is CNC1NCCC1C(=O)OC(C)(C)C. The van der Waals surface area contributed by atoms with Crippen molar-refractivity contribution in [3.05, 3.63) is 0 Å². The Balaban J connectivity index is 2.52. The van der Waals surface area contributed by atoms with Crippen molar-refractivity contribution >= 4 is 5.97 Å². The highest BCUT2D eigenvalue weighted by Crippen LogP contribution is 2.18. The van der Waals surface area contributed by atoms with Gasteiger partial charge in [-0.05, 0) is 40.8 Å². The van der Waals surface area contributed by atoms with Crippen LogP contribution in [0, 0.1) is 5.92 Å². The van der Waals surface area contributed by atoms with Crippen molar-refractivity contribution in [3.8, 4) is 0 Å². The molecule has 0 spiro atoms. The topological polar surface area (TPSA) is 50.4 Å². The summed E-state index contributed by atoms with van der Waals surface area (Å²) < 4.78 is 5.33. The average molecular weight is 200 g/mol. The maximum atomic E-state index is 11.7. The predicted molar refractivity (Wildman–Crippen MR) is 54.8 cm³/mol. The monoisotopic (exact) mass is 200 g/mol. The summed E-state index contributed by atoms with van der Waals surface area (Å²) in [5.41, 5.74) is -0.391. The number of esters is 1. The van der Waals surface area contributed by atoms with Gasteiger partial charge in [-0.1, -0.05) is 0 Å². The van der Waals surface area contributed by atoms with Gasteiger partial charge in [0.2, 0.25) is 0 Å². The molecule has 82 valence electrons. The minimum absolute atomic E-state index is 0.0563. The van der Waals surface area contributed by atoms with Crippen LogP contribution in [0.2, 0.25) is 0 Å². The first-order valence-electron chi connectivity index (χ1n) is 5.07. The lowest BCUT2D eigenvalue weighted by atomic mass is 10.1. The van der Waals surface area contributed by atoms with Gasteiger partial charge in [0.05, 0.1) is 12.1 Å². The first kappa shape index (κ1) is 11.5. The summed E-state index contributed by atoms with van der Waals surface area (Å²) in [6.07, 6.45) is 0.908. The highest BCUT2D eigenvalue weighted by atomic mass is 16.6. The molecule has 0 bridgehead atoms. The summed E-state index contributed by atoms with van der Waals surface area (Å²) in [5.74, 6) is -0.166. The Morgan fingerprint density at radius 3 is 2.64 bits per heavy atom. The Bertz CT molecular complexity index is 211. The van der Waals surface area contributed by atoms with E-state index < -0.39 is 5.60 Å². The number of rotatable bonds is 2. The molecule has 2 unspecified atom stereocenters. The van der Waals surface area contributed by atoms with Gasteiger partial charge >= 0.3 is 5.97 Å². The number of hydrogen-bond acceptors (Lipinski definition) is 4. The quantitative estimate of drug-likeness (QED) is 0.637. The molecular formula is C10H20N2O2. The van der Waals surface area contributed by atoms with E-state index in [1.54, 1.807) is 0 Å². The van der Waals surface area contributed by atoms with Gasteiger partial charge in [0.25, 0.3) is 0 Å². The third kappa shape index (κ3) is 2.96. The highest BCUT2D eigenvalue weighted by Gasteiger charge is 2.34. The summed E-state index contributed by atoms with van der Waals surface area (Å²) in [7, 11) is 1.85. The number of ether oxygens (including phenoxy) is 1. The van der Waals surface area contributed by atoms with Crippen molar-refractivity contribution in [1.29, 1.82) is 0 Å². The molecule has 1 fully saturated rings. The molecule has 2 N–H and O–H groups in total. The first-order valence-corrected chi connectivity index (χ1v) is 5.07. The Morgan fingerprint density at radius 1 is 1.50 bits per heavy atom. The van der Waals surface area contributed by atoms with Gasteiger partial charge in [-0.25, -0.2) is 0 Å². The van der Waals surface area contributed by atoms with E-state index >= 15 is 0 Å². The largest absolute Gasteiger partial charge is 0.460 e. The van der Waals surface area contributed by atoms with E-state index in [0.717, 1.165) is 13.0 Å². The summed E-state index contributed by atoms with van der Waals surface area (Å²) >= 11 is 0. The van der Waals surface area contributed by atoms with E-state index in [1.807, 2.05) is 27.8 Å². The standard InChI is InChI=1S/C10H20N2O2/c1-10(2,3)14-9(13)7-5-6-12-8(7)11-4/h7-8,11-12H,5-6H2,1-4H3. The van der Waals surface area contributed by atoms with E-state index in [0.29, 0.717) is 0 Å². The van der Waals surface area contributed by atoms with Gasteiger partial charge in [0, 0.05) is 0 Å². The summed E-state index contributed by atoms with van der Waals surface area (Å²) in [5, 5.41) is 6.28. The molecule has 4 heteroatoms. The van der Waals surface area contributed by atoms with Crippen LogP contribution in [0.4, 0.5) is 0 Å². The Hall–Kier alpha value is -0.610. The molecule has 1 aliphatic rings. The molecule has 0 aromatic heterocycles. The number of hydrogen-bond donors (Lipinski definition) is 2. The lowest BCUT2D eigenvalue weighted by molar-refractivity contribution is -0.160. The van der Waals surface area contributed by atoms with Gasteiger partial charge in [0.1, 0.15) is 5.60 Å². The number of nitrogens with one attached hydrogen (secondary N) is 2. The zero-order valence-electron chi connectivity index (χ0n) is 9.39. The zero-order chi connectivity index (χ0) is 10.8. The van der Waals surface area contributed by atoms with E-state index in [2.05, 4.69) is 10.6 Å². The molecule has 0 aromatic carbocycles. The molecule has 1 aliphatic heterocycles. The smallest absolute Gasteiger partial charge is 0.312 e. The Morgan fingerprint density at radius 2 is 2.14 bits per heavy atom. The molecule has 0 amide bonds. The second-order valence-electron chi connectivity index (χ2n) is 4.65. The first-order chi connectivity index (χ1) is 6.44. The van der Waals surface area contributed by atoms with Crippen molar-refractivity contribution < 1.29 is 9.53 Å².